The first kappa shape index (κ1) is 19.4. The number of ether oxygens (including phenoxy) is 1. The molecule has 1 heterocycles. The van der Waals surface area contributed by atoms with Gasteiger partial charge in [-0.3, -0.25) is 9.59 Å². The summed E-state index contributed by atoms with van der Waals surface area (Å²) >= 11 is 0. The standard InChI is InChI=1S/C17H16N2O9/c1-9-10(16(21)12-5-3-2-4-11(12)15(9)20)6-7-13-17(28-19(24)25)14(8-26-13)27-18(22)23/h2-5,13-14,17H,6-8H2,1H3/t13-,14-,17+/m1/s1. The summed E-state index contributed by atoms with van der Waals surface area (Å²) in [5.74, 6) is -0.555. The number of rotatable bonds is 7. The van der Waals surface area contributed by atoms with Crippen LogP contribution in [0.1, 0.15) is 40.5 Å². The van der Waals surface area contributed by atoms with E-state index in [1.54, 1.807) is 31.2 Å². The molecule has 1 aromatic carbocycles. The molecule has 11 heteroatoms. The summed E-state index contributed by atoms with van der Waals surface area (Å²) in [6.07, 6.45) is -3.30. The Hall–Kier alpha value is -3.34. The number of hydrogen-bond acceptors (Lipinski definition) is 9. The quantitative estimate of drug-likeness (QED) is 0.499. The van der Waals surface area contributed by atoms with E-state index < -0.39 is 28.5 Å². The highest BCUT2D eigenvalue weighted by molar-refractivity contribution is 6.26. The van der Waals surface area contributed by atoms with Crippen LogP contribution in [-0.4, -0.2) is 46.7 Å². The molecule has 0 unspecified atom stereocenters. The molecule has 0 radical (unpaired) electrons. The lowest BCUT2D eigenvalue weighted by molar-refractivity contribution is -0.797. The molecule has 148 valence electrons. The molecule has 0 N–H and O–H groups in total. The lowest BCUT2D eigenvalue weighted by Crippen LogP contribution is -2.38. The fourth-order valence-corrected chi connectivity index (χ4v) is 3.47. The van der Waals surface area contributed by atoms with Gasteiger partial charge in [-0.1, -0.05) is 24.3 Å². The predicted octanol–water partition coefficient (Wildman–Crippen LogP) is 1.71. The van der Waals surface area contributed by atoms with E-state index >= 15 is 0 Å². The normalized spacial score (nSPS) is 24.1. The summed E-state index contributed by atoms with van der Waals surface area (Å²) in [6, 6.07) is 6.47. The number of ketones is 2. The van der Waals surface area contributed by atoms with Crippen molar-refractivity contribution in [2.24, 2.45) is 0 Å². The first-order chi connectivity index (χ1) is 13.3. The van der Waals surface area contributed by atoms with Gasteiger partial charge >= 0.3 is 0 Å². The average Bonchev–Trinajstić information content (AvgIpc) is 3.00. The number of Topliss-reactive ketones (excluding diaryl/α,β-unsaturated/α-hetero) is 2. The summed E-state index contributed by atoms with van der Waals surface area (Å²) in [4.78, 5) is 55.4. The summed E-state index contributed by atoms with van der Waals surface area (Å²) in [7, 11) is 0. The van der Waals surface area contributed by atoms with Crippen molar-refractivity contribution < 1.29 is 34.2 Å². The number of hydrogen-bond donors (Lipinski definition) is 0. The van der Waals surface area contributed by atoms with Gasteiger partial charge in [0.1, 0.15) is 0 Å². The van der Waals surface area contributed by atoms with Crippen molar-refractivity contribution in [2.75, 3.05) is 6.61 Å². The second-order valence-corrected chi connectivity index (χ2v) is 6.38. The second kappa shape index (κ2) is 7.72. The monoisotopic (exact) mass is 392 g/mol. The minimum atomic E-state index is -1.32. The minimum Gasteiger partial charge on any atom is -0.373 e. The van der Waals surface area contributed by atoms with Crippen molar-refractivity contribution in [2.45, 2.75) is 38.1 Å². The third-order valence-electron chi connectivity index (χ3n) is 4.80. The molecule has 1 fully saturated rings. The largest absolute Gasteiger partial charge is 0.373 e. The zero-order chi connectivity index (χ0) is 20.4. The zero-order valence-corrected chi connectivity index (χ0v) is 14.7. The van der Waals surface area contributed by atoms with Gasteiger partial charge in [0.15, 0.2) is 23.8 Å². The maximum Gasteiger partial charge on any atom is 0.294 e. The van der Waals surface area contributed by atoms with Crippen LogP contribution in [-0.2, 0) is 14.4 Å². The van der Waals surface area contributed by atoms with E-state index in [1.165, 1.54) is 0 Å². The molecule has 1 saturated heterocycles. The first-order valence-corrected chi connectivity index (χ1v) is 8.41. The van der Waals surface area contributed by atoms with Crippen LogP contribution < -0.4 is 0 Å². The topological polar surface area (TPSA) is 148 Å². The fourth-order valence-electron chi connectivity index (χ4n) is 3.47. The van der Waals surface area contributed by atoms with E-state index in [9.17, 15) is 29.8 Å². The molecule has 11 nitrogen and oxygen atoms in total. The predicted molar refractivity (Wildman–Crippen MR) is 90.5 cm³/mol. The van der Waals surface area contributed by atoms with E-state index in [1.807, 2.05) is 0 Å². The van der Waals surface area contributed by atoms with Gasteiger partial charge in [-0.05, 0) is 19.8 Å². The van der Waals surface area contributed by atoms with Gasteiger partial charge in [-0.15, -0.1) is 20.2 Å². The third-order valence-corrected chi connectivity index (χ3v) is 4.80. The number of benzene rings is 1. The van der Waals surface area contributed by atoms with Crippen LogP contribution in [0.15, 0.2) is 35.4 Å². The highest BCUT2D eigenvalue weighted by atomic mass is 17.0. The Kier molecular flexibility index (Phi) is 5.36. The van der Waals surface area contributed by atoms with Crippen LogP contribution in [0.5, 0.6) is 0 Å². The van der Waals surface area contributed by atoms with Crippen molar-refractivity contribution in [1.82, 2.24) is 0 Å². The molecule has 0 spiro atoms. The number of allylic oxidation sites excluding steroid dienone is 2. The minimum absolute atomic E-state index is 0.0872. The molecule has 1 aliphatic carbocycles. The second-order valence-electron chi connectivity index (χ2n) is 6.38. The number of carbonyl (C=O) groups is 2. The molecule has 0 saturated carbocycles. The van der Waals surface area contributed by atoms with Crippen LogP contribution in [0, 0.1) is 20.2 Å². The molecular weight excluding hydrogens is 376 g/mol. The Labute approximate surface area is 158 Å². The maximum atomic E-state index is 12.7. The van der Waals surface area contributed by atoms with Crippen LogP contribution in [0.25, 0.3) is 0 Å². The molecule has 0 bridgehead atoms. The Bertz CT molecular complexity index is 879. The lowest BCUT2D eigenvalue weighted by Gasteiger charge is -2.22. The number of nitrogens with zero attached hydrogens (tertiary/aromatic N) is 2. The van der Waals surface area contributed by atoms with Gasteiger partial charge in [0, 0.05) is 22.3 Å². The summed E-state index contributed by atoms with van der Waals surface area (Å²) in [5, 5.41) is 19.1. The molecule has 3 atom stereocenters. The van der Waals surface area contributed by atoms with Crippen molar-refractivity contribution in [3.05, 3.63) is 66.8 Å². The van der Waals surface area contributed by atoms with Gasteiger partial charge in [0.25, 0.3) is 10.2 Å². The molecule has 1 aliphatic heterocycles. The van der Waals surface area contributed by atoms with E-state index in [2.05, 4.69) is 9.68 Å². The summed E-state index contributed by atoms with van der Waals surface area (Å²) < 4.78 is 5.36. The van der Waals surface area contributed by atoms with Gasteiger partial charge < -0.3 is 14.4 Å². The first-order valence-electron chi connectivity index (χ1n) is 8.41. The molecule has 1 aromatic rings. The molecule has 2 aliphatic rings. The molecule has 0 amide bonds. The van der Waals surface area contributed by atoms with Crippen molar-refractivity contribution in [1.29, 1.82) is 0 Å². The smallest absolute Gasteiger partial charge is 0.294 e. The number of carbonyl (C=O) groups excluding carboxylic acids is 2. The van der Waals surface area contributed by atoms with Crippen molar-refractivity contribution in [3.63, 3.8) is 0 Å². The Morgan fingerprint density at radius 2 is 1.68 bits per heavy atom. The van der Waals surface area contributed by atoms with Gasteiger partial charge in [0.2, 0.25) is 0 Å². The Balaban J connectivity index is 1.76. The summed E-state index contributed by atoms with van der Waals surface area (Å²) in [5.41, 5.74) is 1.21. The van der Waals surface area contributed by atoms with Crippen molar-refractivity contribution in [3.8, 4) is 0 Å². The third kappa shape index (κ3) is 3.69. The van der Waals surface area contributed by atoms with Crippen molar-refractivity contribution >= 4 is 11.6 Å². The molecule has 0 aromatic heterocycles. The van der Waals surface area contributed by atoms with E-state index in [4.69, 9.17) is 4.74 Å². The van der Waals surface area contributed by atoms with Crippen LogP contribution in [0.2, 0.25) is 0 Å². The maximum absolute atomic E-state index is 12.7. The number of fused-ring (bicyclic) bond motifs is 1. The van der Waals surface area contributed by atoms with Crippen LogP contribution in [0.3, 0.4) is 0 Å². The molecule has 3 rings (SSSR count). The molecular formula is C17H16N2O9. The zero-order valence-electron chi connectivity index (χ0n) is 14.7. The average molecular weight is 392 g/mol. The van der Waals surface area contributed by atoms with Gasteiger partial charge in [0.05, 0.1) is 12.7 Å². The van der Waals surface area contributed by atoms with Crippen LogP contribution >= 0.6 is 0 Å². The van der Waals surface area contributed by atoms with Gasteiger partial charge in [-0.2, -0.15) is 0 Å². The van der Waals surface area contributed by atoms with Crippen LogP contribution in [0.4, 0.5) is 0 Å². The highest BCUT2D eigenvalue weighted by Gasteiger charge is 2.43. The fraction of sp³-hybridized carbons (Fsp3) is 0.412. The van der Waals surface area contributed by atoms with E-state index in [-0.39, 0.29) is 36.6 Å². The Morgan fingerprint density at radius 3 is 2.29 bits per heavy atom. The molecule has 28 heavy (non-hydrogen) atoms. The summed E-state index contributed by atoms with van der Waals surface area (Å²) in [6.45, 7) is 1.28. The Morgan fingerprint density at radius 1 is 1.07 bits per heavy atom. The van der Waals surface area contributed by atoms with Gasteiger partial charge in [-0.25, -0.2) is 0 Å². The highest BCUT2D eigenvalue weighted by Crippen LogP contribution is 2.31. The van der Waals surface area contributed by atoms with E-state index in [0.29, 0.717) is 16.7 Å². The van der Waals surface area contributed by atoms with E-state index in [0.717, 1.165) is 0 Å². The lowest BCUT2D eigenvalue weighted by atomic mass is 9.82. The SMILES string of the molecule is CC1=C(CC[C@H]2OC[C@@H](O[N+](=O)[O-])[C@H]2O[N+](=O)[O-])C(=O)c2ccccc2C1=O.